The number of ether oxygens (including phenoxy) is 8. The number of carbonyl (C=O) groups is 9. The second-order valence-corrected chi connectivity index (χ2v) is 31.0. The summed E-state index contributed by atoms with van der Waals surface area (Å²) >= 11 is 0. The van der Waals surface area contributed by atoms with E-state index in [2.05, 4.69) is 92.7 Å². The number of urea groups is 3. The number of carboxylic acid groups (broad SMARTS) is 3. The predicted octanol–water partition coefficient (Wildman–Crippen LogP) is 8.36. The van der Waals surface area contributed by atoms with Gasteiger partial charge in [-0.2, -0.15) is 0 Å². The first kappa shape index (κ1) is 90.3. The molecule has 6 aromatic heterocycles. The number of carbonyl (C=O) groups excluding carboxylic acids is 6. The lowest BCUT2D eigenvalue weighted by Crippen LogP contribution is -2.39. The topological polar surface area (TPSA) is 527 Å². The second-order valence-electron chi connectivity index (χ2n) is 31.0. The van der Waals surface area contributed by atoms with Gasteiger partial charge < -0.3 is 89.7 Å². The summed E-state index contributed by atoms with van der Waals surface area (Å²) in [5, 5.41) is 53.0. The number of benzene rings is 6. The van der Waals surface area contributed by atoms with E-state index >= 15 is 0 Å². The Hall–Kier alpha value is -15.1. The predicted molar refractivity (Wildman–Crippen MR) is 466 cm³/mol. The molecule has 6 fully saturated rings. The SMILES string of the molecule is CCNC(=O)Nc1ncnc2c1ncn2C1CC(CNC(=O)Cc2ccccc2C(=O)O)C2O[C@H](/C=C/c3ccccc3)OC21.CCNC(=O)Nc1ncnc2c1ncn2C1OC(CNC(=O)Cc2c(F)cccc2C(=O)O)C2O[C@H](c3ccccc3)OC21.CCNC(=O)Nc1ncnc2c1ncn2C1OC(CNC(=O)Cc2ccccc2C(=O)O)C2O[C@H](c3ccccc3)OC21. The first-order valence-corrected chi connectivity index (χ1v) is 42.3. The lowest BCUT2D eigenvalue weighted by atomic mass is 10.0. The first-order chi connectivity index (χ1) is 64.2. The summed E-state index contributed by atoms with van der Waals surface area (Å²) in [7, 11) is 0. The van der Waals surface area contributed by atoms with E-state index < -0.39 is 122 Å². The maximum absolute atomic E-state index is 14.4. The van der Waals surface area contributed by atoms with Gasteiger partial charge in [0.15, 0.2) is 82.3 Å². The first-order valence-electron chi connectivity index (χ1n) is 42.3. The van der Waals surface area contributed by atoms with Crippen LogP contribution < -0.4 is 47.9 Å². The monoisotopic (exact) mass is 1800 g/mol. The fourth-order valence-corrected chi connectivity index (χ4v) is 16.5. The van der Waals surface area contributed by atoms with Gasteiger partial charge in [0.2, 0.25) is 17.7 Å². The fraction of sp³-hybridized carbons (Fsp3) is 0.311. The van der Waals surface area contributed by atoms with Crippen LogP contribution in [0.1, 0.15) is 123 Å². The number of nitrogens with one attached hydrogen (secondary N) is 9. The molecule has 12 aromatic rings. The smallest absolute Gasteiger partial charge is 0.336 e. The van der Waals surface area contributed by atoms with Gasteiger partial charge in [-0.15, -0.1) is 0 Å². The number of aromatic nitrogens is 12. The minimum atomic E-state index is -1.33. The van der Waals surface area contributed by atoms with Crippen LogP contribution in [-0.4, -0.2) is 222 Å². The minimum absolute atomic E-state index is 0.0379. The van der Waals surface area contributed by atoms with Crippen molar-refractivity contribution in [2.24, 2.45) is 5.92 Å². The molecule has 0 bridgehead atoms. The Morgan fingerprint density at radius 3 is 1.25 bits per heavy atom. The molecule has 41 nitrogen and oxygen atoms in total. The van der Waals surface area contributed by atoms with Gasteiger partial charge >= 0.3 is 36.0 Å². The molecule has 5 aliphatic heterocycles. The summed E-state index contributed by atoms with van der Waals surface area (Å²) in [5.74, 6) is -4.93. The molecule has 18 rings (SSSR count). The Labute approximate surface area is 750 Å². The van der Waals surface area contributed by atoms with E-state index in [0.29, 0.717) is 77.2 Å². The third-order valence-corrected chi connectivity index (χ3v) is 22.5. The van der Waals surface area contributed by atoms with Gasteiger partial charge in [-0.25, -0.2) is 78.0 Å². The molecule has 5 saturated heterocycles. The van der Waals surface area contributed by atoms with Crippen LogP contribution in [0.4, 0.5) is 36.2 Å². The molecule has 0 radical (unpaired) electrons. The van der Waals surface area contributed by atoms with Gasteiger partial charge in [-0.1, -0.05) is 140 Å². The number of rotatable bonds is 28. The van der Waals surface area contributed by atoms with Crippen molar-refractivity contribution < 1.29 is 101 Å². The van der Waals surface area contributed by atoms with Crippen molar-refractivity contribution in [3.05, 3.63) is 258 Å². The zero-order valence-electron chi connectivity index (χ0n) is 70.9. The average molecular weight is 1800 g/mol. The highest BCUT2D eigenvalue weighted by atomic mass is 19.1. The van der Waals surface area contributed by atoms with Crippen LogP contribution in [-0.2, 0) is 71.5 Å². The zero-order chi connectivity index (χ0) is 92.1. The number of imidazole rings is 3. The van der Waals surface area contributed by atoms with E-state index in [9.17, 15) is 62.9 Å². The van der Waals surface area contributed by atoms with Crippen molar-refractivity contribution in [2.45, 2.75) is 133 Å². The number of hydrogen-bond donors (Lipinski definition) is 12. The molecule has 9 amide bonds. The van der Waals surface area contributed by atoms with Crippen LogP contribution in [0, 0.1) is 11.7 Å². The van der Waals surface area contributed by atoms with Crippen LogP contribution in [0.3, 0.4) is 0 Å². The number of carboxylic acids is 3. The summed E-state index contributed by atoms with van der Waals surface area (Å²) in [4.78, 5) is 149. The van der Waals surface area contributed by atoms with Crippen LogP contribution in [0.2, 0.25) is 0 Å². The molecule has 6 aromatic carbocycles. The summed E-state index contributed by atoms with van der Waals surface area (Å²) in [6.07, 6.45) is 4.41. The van der Waals surface area contributed by atoms with Gasteiger partial charge in [0.1, 0.15) is 67.5 Å². The van der Waals surface area contributed by atoms with Crippen molar-refractivity contribution in [1.29, 1.82) is 0 Å². The lowest BCUT2D eigenvalue weighted by molar-refractivity contribution is -0.147. The van der Waals surface area contributed by atoms with Gasteiger partial charge in [-0.3, -0.25) is 39.5 Å². The van der Waals surface area contributed by atoms with Crippen LogP contribution in [0.5, 0.6) is 0 Å². The molecule has 6 aliphatic rings. The van der Waals surface area contributed by atoms with Crippen molar-refractivity contribution >= 4 is 111 Å². The molecule has 682 valence electrons. The lowest BCUT2D eigenvalue weighted by Gasteiger charge is -2.21. The molecular weight excluding hydrogens is 1710 g/mol. The van der Waals surface area contributed by atoms with E-state index in [-0.39, 0.29) is 102 Å². The van der Waals surface area contributed by atoms with Crippen LogP contribution in [0.25, 0.3) is 39.6 Å². The minimum Gasteiger partial charge on any atom is -0.478 e. The van der Waals surface area contributed by atoms with Gasteiger partial charge in [0.05, 0.1) is 67.1 Å². The largest absolute Gasteiger partial charge is 0.478 e. The Morgan fingerprint density at radius 1 is 0.402 bits per heavy atom. The maximum atomic E-state index is 14.4. The average Bonchev–Trinajstić information content (AvgIpc) is 1.58. The standard InChI is InChI=1S/C32H33N7O6.C29H28FN7O7.C29H29N7O7/c1-2-33-32(43)38-29-26-30(36-17-35-29)39(18-37-26)23-14-21(16-34-24(40)15-20-10-6-7-11-22(20)31(41)42)27-28(23)45-25(44-27)13-12-19-8-4-3-5-9-19;1-2-31-29(41)36-24-21-25(34-13-33-24)37(14-35-21)26-23-22(43-28(44-23)15-7-4-3-5-8-15)19(42-26)12-32-20(38)11-17-16(27(39)40)9-6-10-18(17)30;1-2-30-29(40)35-24-21-25(33-14-32-24)36(15-34-21)26-23-22(42-28(43-23)16-8-4-3-5-9-16)19(41-26)13-31-20(37)12-17-10-6-7-11-18(17)27(38)39/h3-13,17-18,21,23,25,27-28H,2,14-16H2,1H3,(H,34,40)(H,41,42)(H2,33,35,36,38,43);3-10,13-14,19,22-23,26,28H,2,11-12H2,1H3,(H,32,38)(H,39,40)(H2,31,33,34,36,41);3-11,14-15,19,22-23,26,28H,2,12-13H2,1H3,(H,31,37)(H,38,39)(H2,30,32,33,35,40)/b13-12+;;/t21?,23?,25-,27?,28?;2*19?,22?,23?,26?,28-/m000/s1. The van der Waals surface area contributed by atoms with E-state index in [1.165, 1.54) is 55.9 Å². The number of halogens is 1. The van der Waals surface area contributed by atoms with E-state index in [0.717, 1.165) is 22.8 Å². The molecule has 132 heavy (non-hydrogen) atoms. The normalized spacial score (nSPS) is 22.5. The Morgan fingerprint density at radius 2 is 0.795 bits per heavy atom. The third kappa shape index (κ3) is 20.3. The molecule has 1 aliphatic carbocycles. The van der Waals surface area contributed by atoms with Crippen molar-refractivity contribution in [2.75, 3.05) is 55.2 Å². The molecule has 42 heteroatoms. The molecule has 15 atom stereocenters. The Balaban J connectivity index is 0.000000144. The number of anilines is 3. The molecule has 1 saturated carbocycles. The number of amides is 9. The second kappa shape index (κ2) is 41.2. The summed E-state index contributed by atoms with van der Waals surface area (Å²) in [6, 6.07) is 43.6. The highest BCUT2D eigenvalue weighted by Gasteiger charge is 2.57. The highest BCUT2D eigenvalue weighted by Crippen LogP contribution is 2.49. The van der Waals surface area contributed by atoms with Gasteiger partial charge in [0, 0.05) is 61.9 Å². The van der Waals surface area contributed by atoms with Crippen molar-refractivity contribution in [1.82, 2.24) is 90.5 Å². The number of fused-ring (bicyclic) bond motifs is 6. The fourth-order valence-electron chi connectivity index (χ4n) is 16.5. The molecule has 0 spiro atoms. The molecule has 12 N–H and O–H groups in total. The van der Waals surface area contributed by atoms with Crippen molar-refractivity contribution in [3.8, 4) is 0 Å². The van der Waals surface area contributed by atoms with Crippen LogP contribution >= 0.6 is 0 Å². The maximum Gasteiger partial charge on any atom is 0.336 e. The van der Waals surface area contributed by atoms with Gasteiger partial charge in [-0.05, 0) is 74.2 Å². The van der Waals surface area contributed by atoms with E-state index in [1.54, 1.807) is 65.7 Å². The highest BCUT2D eigenvalue weighted by molar-refractivity contribution is 5.99. The Kier molecular flexibility index (Phi) is 28.2. The molecule has 12 unspecified atom stereocenters. The van der Waals surface area contributed by atoms with E-state index in [4.69, 9.17) is 37.9 Å². The van der Waals surface area contributed by atoms with Crippen molar-refractivity contribution in [3.63, 3.8) is 0 Å². The molecule has 11 heterocycles. The van der Waals surface area contributed by atoms with E-state index in [1.807, 2.05) is 115 Å². The summed E-state index contributed by atoms with van der Waals surface area (Å²) in [5.41, 5.74) is 5.58. The molecular formula is C90H90FN21O20. The quantitative estimate of drug-likeness (QED) is 0.0219. The number of hydrogen-bond acceptors (Lipinski definition) is 26. The summed E-state index contributed by atoms with van der Waals surface area (Å²) in [6.45, 7) is 7.08. The zero-order valence-corrected chi connectivity index (χ0v) is 70.9. The van der Waals surface area contributed by atoms with Crippen LogP contribution in [0.15, 0.2) is 202 Å². The summed E-state index contributed by atoms with van der Waals surface area (Å²) < 4.78 is 70.5. The van der Waals surface area contributed by atoms with Gasteiger partial charge in [0.25, 0.3) is 0 Å². The Bertz CT molecular complexity index is 6260. The number of aromatic carboxylic acids is 3. The number of nitrogens with zero attached hydrogens (tertiary/aromatic N) is 12. The third-order valence-electron chi connectivity index (χ3n) is 22.5.